The third-order valence-corrected chi connectivity index (χ3v) is 7.11. The predicted molar refractivity (Wildman–Crippen MR) is 142 cm³/mol. The Morgan fingerprint density at radius 1 is 0.500 bits per heavy atom. The van der Waals surface area contributed by atoms with Crippen molar-refractivity contribution in [3.8, 4) is 0 Å². The number of hydrogen-bond acceptors (Lipinski definition) is 1. The van der Waals surface area contributed by atoms with Crippen molar-refractivity contribution in [3.63, 3.8) is 0 Å². The first-order valence-corrected chi connectivity index (χ1v) is 12.0. The van der Waals surface area contributed by atoms with Gasteiger partial charge in [-0.05, 0) is 58.5 Å². The van der Waals surface area contributed by atoms with Crippen LogP contribution in [0.4, 0.5) is 17.1 Å². The molecule has 1 heteroatoms. The van der Waals surface area contributed by atoms with Gasteiger partial charge in [-0.1, -0.05) is 116 Å². The molecule has 1 aliphatic rings. The Morgan fingerprint density at radius 3 is 1.53 bits per heavy atom. The Balaban J connectivity index is 1.75. The van der Waals surface area contributed by atoms with Gasteiger partial charge >= 0.3 is 0 Å². The van der Waals surface area contributed by atoms with E-state index in [0.29, 0.717) is 0 Å². The van der Waals surface area contributed by atoms with Gasteiger partial charge in [0.15, 0.2) is 0 Å². The minimum absolute atomic E-state index is 0.411. The van der Waals surface area contributed by atoms with Crippen molar-refractivity contribution in [1.82, 2.24) is 0 Å². The molecule has 5 aromatic carbocycles. The Hall–Kier alpha value is -4.10. The molecule has 0 saturated heterocycles. The predicted octanol–water partition coefficient (Wildman–Crippen LogP) is 8.41. The normalized spacial score (nSPS) is 13.7. The van der Waals surface area contributed by atoms with Crippen LogP contribution < -0.4 is 4.90 Å². The van der Waals surface area contributed by atoms with E-state index in [-0.39, 0.29) is 0 Å². The second-order valence-corrected chi connectivity index (χ2v) is 8.87. The Labute approximate surface area is 202 Å². The molecule has 0 saturated carbocycles. The summed E-state index contributed by atoms with van der Waals surface area (Å²) in [5.41, 5.74) is 9.73. The van der Waals surface area contributed by atoms with Crippen molar-refractivity contribution < 1.29 is 0 Å². The van der Waals surface area contributed by atoms with E-state index >= 15 is 0 Å². The van der Waals surface area contributed by atoms with Gasteiger partial charge in [0.25, 0.3) is 0 Å². The van der Waals surface area contributed by atoms with Crippen molar-refractivity contribution in [2.24, 2.45) is 0 Å². The van der Waals surface area contributed by atoms with Crippen LogP contribution in [-0.2, 0) is 11.8 Å². The SMILES string of the molecule is CCc1ccc(C2(c3ccccc3)c3ccccc3N(c3ccccc3)c3ccccc32)cc1. The lowest BCUT2D eigenvalue weighted by Gasteiger charge is -2.46. The Morgan fingerprint density at radius 2 is 0.971 bits per heavy atom. The molecule has 0 atom stereocenters. The van der Waals surface area contributed by atoms with Crippen LogP contribution >= 0.6 is 0 Å². The molecule has 1 heterocycles. The van der Waals surface area contributed by atoms with Gasteiger partial charge in [-0.3, -0.25) is 0 Å². The van der Waals surface area contributed by atoms with E-state index < -0.39 is 5.41 Å². The van der Waals surface area contributed by atoms with Gasteiger partial charge in [-0.15, -0.1) is 0 Å². The molecule has 164 valence electrons. The number of anilines is 3. The van der Waals surface area contributed by atoms with E-state index in [1.165, 1.54) is 44.9 Å². The van der Waals surface area contributed by atoms with Crippen LogP contribution in [0.25, 0.3) is 0 Å². The van der Waals surface area contributed by atoms with Crippen LogP contribution in [0.5, 0.6) is 0 Å². The fourth-order valence-electron chi connectivity index (χ4n) is 5.57. The van der Waals surface area contributed by atoms with E-state index in [4.69, 9.17) is 0 Å². The first kappa shape index (κ1) is 20.5. The van der Waals surface area contributed by atoms with Crippen molar-refractivity contribution >= 4 is 17.1 Å². The molecular weight excluding hydrogens is 410 g/mol. The standard InChI is InChI=1S/C33H27N/c1-2-25-21-23-27(24-22-25)33(26-13-5-3-6-14-26)29-17-9-11-19-31(29)34(28-15-7-4-8-16-28)32-20-12-10-18-30(32)33/h3-24H,2H2,1H3. The minimum Gasteiger partial charge on any atom is -0.310 e. The van der Waals surface area contributed by atoms with E-state index in [1.807, 2.05) is 0 Å². The first-order valence-electron chi connectivity index (χ1n) is 12.0. The molecule has 5 aromatic rings. The maximum Gasteiger partial charge on any atom is 0.0742 e. The fraction of sp³-hybridized carbons (Fsp3) is 0.0909. The van der Waals surface area contributed by atoms with Crippen LogP contribution in [0.2, 0.25) is 0 Å². The van der Waals surface area contributed by atoms with Gasteiger partial charge in [-0.25, -0.2) is 0 Å². The average molecular weight is 438 g/mol. The zero-order chi connectivity index (χ0) is 23.0. The van der Waals surface area contributed by atoms with Crippen molar-refractivity contribution in [3.05, 3.63) is 161 Å². The second-order valence-electron chi connectivity index (χ2n) is 8.87. The summed E-state index contributed by atoms with van der Waals surface area (Å²) in [7, 11) is 0. The summed E-state index contributed by atoms with van der Waals surface area (Å²) in [6.45, 7) is 2.21. The molecule has 1 aliphatic heterocycles. The molecular formula is C33H27N. The van der Waals surface area contributed by atoms with Crippen molar-refractivity contribution in [2.75, 3.05) is 4.90 Å². The number of hydrogen-bond donors (Lipinski definition) is 0. The van der Waals surface area contributed by atoms with Crippen LogP contribution in [0.15, 0.2) is 133 Å². The quantitative estimate of drug-likeness (QED) is 0.267. The molecule has 0 aromatic heterocycles. The largest absolute Gasteiger partial charge is 0.310 e. The van der Waals surface area contributed by atoms with Crippen molar-refractivity contribution in [2.45, 2.75) is 18.8 Å². The number of para-hydroxylation sites is 3. The molecule has 1 nitrogen and oxygen atoms in total. The molecule has 0 unspecified atom stereocenters. The van der Waals surface area contributed by atoms with Crippen LogP contribution in [0.1, 0.15) is 34.7 Å². The summed E-state index contributed by atoms with van der Waals surface area (Å²) in [4.78, 5) is 2.41. The molecule has 0 aliphatic carbocycles. The van der Waals surface area contributed by atoms with Crippen LogP contribution in [0, 0.1) is 0 Å². The summed E-state index contributed by atoms with van der Waals surface area (Å²) in [6.07, 6.45) is 1.04. The number of rotatable bonds is 4. The third-order valence-electron chi connectivity index (χ3n) is 7.11. The highest BCUT2D eigenvalue weighted by molar-refractivity contribution is 5.89. The lowest BCUT2D eigenvalue weighted by atomic mass is 9.62. The van der Waals surface area contributed by atoms with Gasteiger partial charge in [-0.2, -0.15) is 0 Å². The highest BCUT2D eigenvalue weighted by Gasteiger charge is 2.46. The highest BCUT2D eigenvalue weighted by Crippen LogP contribution is 2.57. The highest BCUT2D eigenvalue weighted by atomic mass is 15.2. The molecule has 0 amide bonds. The number of fused-ring (bicyclic) bond motifs is 2. The third kappa shape index (κ3) is 3.01. The molecule has 0 N–H and O–H groups in total. The summed E-state index contributed by atoms with van der Waals surface area (Å²) >= 11 is 0. The monoisotopic (exact) mass is 437 g/mol. The maximum atomic E-state index is 2.41. The summed E-state index contributed by atoms with van der Waals surface area (Å²) < 4.78 is 0. The first-order chi connectivity index (χ1) is 16.8. The van der Waals surface area contributed by atoms with E-state index in [2.05, 4.69) is 145 Å². The smallest absolute Gasteiger partial charge is 0.0742 e. The van der Waals surface area contributed by atoms with Crippen LogP contribution in [0.3, 0.4) is 0 Å². The van der Waals surface area contributed by atoms with Gasteiger partial charge in [0.1, 0.15) is 0 Å². The van der Waals surface area contributed by atoms with Gasteiger partial charge < -0.3 is 4.90 Å². The number of nitrogens with zero attached hydrogens (tertiary/aromatic N) is 1. The Kier molecular flexibility index (Phi) is 5.04. The lowest BCUT2D eigenvalue weighted by Crippen LogP contribution is -2.37. The van der Waals surface area contributed by atoms with Crippen molar-refractivity contribution in [1.29, 1.82) is 0 Å². The van der Waals surface area contributed by atoms with E-state index in [9.17, 15) is 0 Å². The van der Waals surface area contributed by atoms with Gasteiger partial charge in [0, 0.05) is 5.69 Å². The molecule has 0 spiro atoms. The van der Waals surface area contributed by atoms with E-state index in [0.717, 1.165) is 6.42 Å². The fourth-order valence-corrected chi connectivity index (χ4v) is 5.57. The summed E-state index contributed by atoms with van der Waals surface area (Å²) in [5, 5.41) is 0. The minimum atomic E-state index is -0.411. The molecule has 34 heavy (non-hydrogen) atoms. The zero-order valence-corrected chi connectivity index (χ0v) is 19.4. The molecule has 0 bridgehead atoms. The van der Waals surface area contributed by atoms with Gasteiger partial charge in [0.2, 0.25) is 0 Å². The topological polar surface area (TPSA) is 3.24 Å². The van der Waals surface area contributed by atoms with Crippen LogP contribution in [-0.4, -0.2) is 0 Å². The molecule has 6 rings (SSSR count). The van der Waals surface area contributed by atoms with Gasteiger partial charge in [0.05, 0.1) is 16.8 Å². The molecule has 0 fully saturated rings. The second kappa shape index (κ2) is 8.35. The average Bonchev–Trinajstić information content (AvgIpc) is 2.93. The number of aryl methyl sites for hydroxylation is 1. The summed E-state index contributed by atoms with van der Waals surface area (Å²) in [5.74, 6) is 0. The lowest BCUT2D eigenvalue weighted by molar-refractivity contribution is 0.730. The number of benzene rings is 5. The molecule has 0 radical (unpaired) electrons. The maximum absolute atomic E-state index is 2.41. The zero-order valence-electron chi connectivity index (χ0n) is 19.4. The van der Waals surface area contributed by atoms with E-state index in [1.54, 1.807) is 0 Å². The summed E-state index contributed by atoms with van der Waals surface area (Å²) in [6, 6.07) is 48.7. The Bertz CT molecular complexity index is 1370.